The fourth-order valence-corrected chi connectivity index (χ4v) is 3.02. The van der Waals surface area contributed by atoms with Crippen LogP contribution in [0.1, 0.15) is 35.4 Å². The Morgan fingerprint density at radius 3 is 3.05 bits per heavy atom. The van der Waals surface area contributed by atoms with Crippen molar-refractivity contribution in [1.82, 2.24) is 9.97 Å². The highest BCUT2D eigenvalue weighted by molar-refractivity contribution is 6.34. The van der Waals surface area contributed by atoms with Gasteiger partial charge in [0.2, 0.25) is 0 Å². The van der Waals surface area contributed by atoms with E-state index in [1.165, 1.54) is 24.1 Å². The molecular weight excluding hydrogens is 250 g/mol. The maximum atomic E-state index is 12.0. The third-order valence-electron chi connectivity index (χ3n) is 4.01. The van der Waals surface area contributed by atoms with Crippen molar-refractivity contribution in [3.63, 3.8) is 0 Å². The first-order valence-electron chi connectivity index (χ1n) is 7.00. The predicted molar refractivity (Wildman–Crippen MR) is 78.2 cm³/mol. The molecule has 0 aromatic carbocycles. The van der Waals surface area contributed by atoms with Gasteiger partial charge in [-0.15, -0.1) is 0 Å². The van der Waals surface area contributed by atoms with Gasteiger partial charge >= 0.3 is 0 Å². The van der Waals surface area contributed by atoms with Gasteiger partial charge < -0.3 is 10.3 Å². The summed E-state index contributed by atoms with van der Waals surface area (Å²) in [6.45, 7) is 0. The van der Waals surface area contributed by atoms with E-state index in [0.717, 1.165) is 24.1 Å². The minimum atomic E-state index is -0.0775. The number of nitrogens with zero attached hydrogens (tertiary/aromatic N) is 1. The van der Waals surface area contributed by atoms with Crippen LogP contribution in [0.5, 0.6) is 0 Å². The molecule has 4 rings (SSSR count). The summed E-state index contributed by atoms with van der Waals surface area (Å²) >= 11 is 0. The molecule has 2 N–H and O–H groups in total. The average Bonchev–Trinajstić information content (AvgIpc) is 3.00. The Balaban J connectivity index is 1.77. The molecular formula is C16H15N3O. The molecule has 0 saturated heterocycles. The topological polar surface area (TPSA) is 57.8 Å². The highest BCUT2D eigenvalue weighted by atomic mass is 16.2. The molecule has 0 saturated carbocycles. The standard InChI is InChI=1S/C16H15N3O/c20-16-13(12-5-3-7-17-15(12)19-16)9-11-8-10-4-1-2-6-14(10)18-11/h3,5,7-9,18H,1-2,4,6H2,(H,17,19,20). The number of carbonyl (C=O) groups excluding carboxylic acids is 1. The van der Waals surface area contributed by atoms with Crippen LogP contribution < -0.4 is 5.32 Å². The number of rotatable bonds is 1. The van der Waals surface area contributed by atoms with Crippen molar-refractivity contribution in [3.05, 3.63) is 46.9 Å². The quantitative estimate of drug-likeness (QED) is 0.779. The lowest BCUT2D eigenvalue weighted by Gasteiger charge is -2.08. The van der Waals surface area contributed by atoms with E-state index in [0.29, 0.717) is 11.4 Å². The van der Waals surface area contributed by atoms with Gasteiger partial charge in [0.15, 0.2) is 0 Å². The second kappa shape index (κ2) is 4.34. The summed E-state index contributed by atoms with van der Waals surface area (Å²) in [5, 5.41) is 2.80. The Labute approximate surface area is 116 Å². The Kier molecular flexibility index (Phi) is 2.49. The molecule has 2 aromatic heterocycles. The SMILES string of the molecule is O=C1Nc2ncccc2C1=Cc1cc2c([nH]1)CCCC2. The highest BCUT2D eigenvalue weighted by Crippen LogP contribution is 2.31. The van der Waals surface area contributed by atoms with Crippen molar-refractivity contribution in [1.29, 1.82) is 0 Å². The molecule has 1 aliphatic carbocycles. The zero-order chi connectivity index (χ0) is 13.5. The summed E-state index contributed by atoms with van der Waals surface area (Å²) in [6.07, 6.45) is 8.38. The summed E-state index contributed by atoms with van der Waals surface area (Å²) in [6, 6.07) is 5.95. The zero-order valence-electron chi connectivity index (χ0n) is 11.1. The molecule has 20 heavy (non-hydrogen) atoms. The number of aromatic nitrogens is 2. The van der Waals surface area contributed by atoms with Gasteiger partial charge in [-0.1, -0.05) is 0 Å². The number of pyridine rings is 1. The molecule has 3 heterocycles. The number of aryl methyl sites for hydroxylation is 2. The lowest BCUT2D eigenvalue weighted by atomic mass is 9.98. The second-order valence-electron chi connectivity index (χ2n) is 5.35. The summed E-state index contributed by atoms with van der Waals surface area (Å²) in [4.78, 5) is 19.7. The first kappa shape index (κ1) is 11.5. The lowest BCUT2D eigenvalue weighted by molar-refractivity contribution is -0.110. The number of fused-ring (bicyclic) bond motifs is 2. The van der Waals surface area contributed by atoms with E-state index in [9.17, 15) is 4.79 Å². The number of aromatic amines is 1. The Morgan fingerprint density at radius 2 is 2.15 bits per heavy atom. The summed E-state index contributed by atoms with van der Waals surface area (Å²) in [7, 11) is 0. The van der Waals surface area contributed by atoms with E-state index >= 15 is 0 Å². The number of hydrogen-bond acceptors (Lipinski definition) is 2. The number of amides is 1. The van der Waals surface area contributed by atoms with E-state index in [-0.39, 0.29) is 5.91 Å². The molecule has 0 radical (unpaired) electrons. The van der Waals surface area contributed by atoms with Gasteiger partial charge in [0.1, 0.15) is 5.82 Å². The van der Waals surface area contributed by atoms with Crippen LogP contribution in [-0.2, 0) is 17.6 Å². The fraction of sp³-hybridized carbons (Fsp3) is 0.250. The van der Waals surface area contributed by atoms with E-state index < -0.39 is 0 Å². The largest absolute Gasteiger partial charge is 0.359 e. The third-order valence-corrected chi connectivity index (χ3v) is 4.01. The summed E-state index contributed by atoms with van der Waals surface area (Å²) in [5.41, 5.74) is 5.30. The summed E-state index contributed by atoms with van der Waals surface area (Å²) in [5.74, 6) is 0.575. The van der Waals surface area contributed by atoms with Gasteiger partial charge in [-0.2, -0.15) is 0 Å². The Morgan fingerprint density at radius 1 is 1.25 bits per heavy atom. The molecule has 1 amide bonds. The Bertz CT molecular complexity index is 704. The number of carbonyl (C=O) groups is 1. The first-order valence-corrected chi connectivity index (χ1v) is 7.00. The summed E-state index contributed by atoms with van der Waals surface area (Å²) < 4.78 is 0. The van der Waals surface area contributed by atoms with Crippen LogP contribution in [0.3, 0.4) is 0 Å². The molecule has 0 spiro atoms. The smallest absolute Gasteiger partial charge is 0.257 e. The maximum absolute atomic E-state index is 12.0. The predicted octanol–water partition coefficient (Wildman–Crippen LogP) is 2.78. The van der Waals surface area contributed by atoms with Crippen LogP contribution in [0.4, 0.5) is 5.82 Å². The van der Waals surface area contributed by atoms with Crippen LogP contribution in [-0.4, -0.2) is 15.9 Å². The first-order chi connectivity index (χ1) is 9.81. The normalized spacial score (nSPS) is 18.8. The monoisotopic (exact) mass is 265 g/mol. The number of H-pyrrole nitrogens is 1. The lowest BCUT2D eigenvalue weighted by Crippen LogP contribution is -2.04. The average molecular weight is 265 g/mol. The van der Waals surface area contributed by atoms with Gasteiger partial charge in [0.25, 0.3) is 5.91 Å². The third kappa shape index (κ3) is 1.76. The minimum absolute atomic E-state index is 0.0775. The van der Waals surface area contributed by atoms with Gasteiger partial charge in [0, 0.05) is 23.1 Å². The Hall–Kier alpha value is -2.36. The van der Waals surface area contributed by atoms with Gasteiger partial charge in [0.05, 0.1) is 5.57 Å². The van der Waals surface area contributed by atoms with Gasteiger partial charge in [-0.25, -0.2) is 4.98 Å². The molecule has 4 heteroatoms. The zero-order valence-corrected chi connectivity index (χ0v) is 11.1. The van der Waals surface area contributed by atoms with Crippen LogP contribution in [0.15, 0.2) is 24.4 Å². The fourth-order valence-electron chi connectivity index (χ4n) is 3.02. The van der Waals surface area contributed by atoms with E-state index in [2.05, 4.69) is 21.4 Å². The highest BCUT2D eigenvalue weighted by Gasteiger charge is 2.25. The van der Waals surface area contributed by atoms with Gasteiger partial charge in [-0.3, -0.25) is 4.79 Å². The molecule has 2 aliphatic rings. The second-order valence-corrected chi connectivity index (χ2v) is 5.35. The van der Waals surface area contributed by atoms with Crippen molar-refractivity contribution in [2.75, 3.05) is 5.32 Å². The minimum Gasteiger partial charge on any atom is -0.359 e. The van der Waals surface area contributed by atoms with Crippen molar-refractivity contribution >= 4 is 23.4 Å². The van der Waals surface area contributed by atoms with Crippen molar-refractivity contribution in [2.24, 2.45) is 0 Å². The van der Waals surface area contributed by atoms with Gasteiger partial charge in [-0.05, 0) is 55.5 Å². The van der Waals surface area contributed by atoms with Crippen molar-refractivity contribution in [3.8, 4) is 0 Å². The van der Waals surface area contributed by atoms with Crippen molar-refractivity contribution in [2.45, 2.75) is 25.7 Å². The molecule has 0 fully saturated rings. The van der Waals surface area contributed by atoms with E-state index in [4.69, 9.17) is 0 Å². The molecule has 4 nitrogen and oxygen atoms in total. The van der Waals surface area contributed by atoms with E-state index in [1.54, 1.807) is 6.20 Å². The van der Waals surface area contributed by atoms with Crippen LogP contribution in [0.25, 0.3) is 11.6 Å². The van der Waals surface area contributed by atoms with Crippen molar-refractivity contribution < 1.29 is 4.79 Å². The van der Waals surface area contributed by atoms with Crippen LogP contribution in [0.2, 0.25) is 0 Å². The van der Waals surface area contributed by atoms with Crippen LogP contribution in [0, 0.1) is 0 Å². The number of nitrogens with one attached hydrogen (secondary N) is 2. The molecule has 0 unspecified atom stereocenters. The molecule has 1 aliphatic heterocycles. The van der Waals surface area contributed by atoms with Crippen LogP contribution >= 0.6 is 0 Å². The van der Waals surface area contributed by atoms with E-state index in [1.807, 2.05) is 18.2 Å². The maximum Gasteiger partial charge on any atom is 0.257 e. The molecule has 100 valence electrons. The molecule has 0 bridgehead atoms. The molecule has 2 aromatic rings. The molecule has 0 atom stereocenters. The number of anilines is 1. The number of hydrogen-bond donors (Lipinski definition) is 2.